The second-order valence-corrected chi connectivity index (χ2v) is 13.4. The molecule has 6 amide bonds. The first-order chi connectivity index (χ1) is 24.2. The van der Waals surface area contributed by atoms with Gasteiger partial charge in [-0.15, -0.1) is 0 Å². The van der Waals surface area contributed by atoms with Crippen molar-refractivity contribution >= 4 is 47.4 Å². The van der Waals surface area contributed by atoms with Gasteiger partial charge in [0, 0.05) is 12.8 Å². The second-order valence-electron chi connectivity index (χ2n) is 13.4. The molecule has 0 radical (unpaired) electrons. The van der Waals surface area contributed by atoms with Crippen LogP contribution < -0.4 is 38.1 Å². The lowest BCUT2D eigenvalue weighted by Gasteiger charge is -2.28. The van der Waals surface area contributed by atoms with Crippen LogP contribution in [-0.4, -0.2) is 105 Å². The maximum Gasteiger partial charge on any atom is 0.326 e. The first kappa shape index (κ1) is 44.9. The fraction of sp³-hybridized carbons (Fsp3) is 0.588. The van der Waals surface area contributed by atoms with Crippen LogP contribution in [0.3, 0.4) is 0 Å². The van der Waals surface area contributed by atoms with Crippen LogP contribution in [0.1, 0.15) is 72.3 Å². The van der Waals surface area contributed by atoms with Gasteiger partial charge in [0.1, 0.15) is 24.2 Å². The van der Waals surface area contributed by atoms with Gasteiger partial charge in [-0.05, 0) is 37.2 Å². The van der Waals surface area contributed by atoms with Gasteiger partial charge in [0.25, 0.3) is 0 Å². The Morgan fingerprint density at radius 1 is 0.712 bits per heavy atom. The molecule has 1 rings (SSSR count). The largest absolute Gasteiger partial charge is 0.481 e. The van der Waals surface area contributed by atoms with E-state index in [1.54, 1.807) is 58.0 Å². The Hall–Kier alpha value is -5.10. The topological polar surface area (TPSA) is 309 Å². The Kier molecular flexibility index (Phi) is 19.0. The average Bonchev–Trinajstić information content (AvgIpc) is 3.04. The number of aliphatic hydroxyl groups excluding tert-OH is 1. The molecule has 0 unspecified atom stereocenters. The predicted molar refractivity (Wildman–Crippen MR) is 187 cm³/mol. The van der Waals surface area contributed by atoms with Crippen molar-refractivity contribution in [3.05, 3.63) is 35.9 Å². The van der Waals surface area contributed by atoms with E-state index < -0.39 is 109 Å². The summed E-state index contributed by atoms with van der Waals surface area (Å²) in [5.41, 5.74) is 11.7. The number of aliphatic carboxylic acids is 2. The molecular formula is C34H53N7O11. The molecule has 1 aromatic carbocycles. The van der Waals surface area contributed by atoms with Crippen molar-refractivity contribution < 1.29 is 53.7 Å². The fourth-order valence-corrected chi connectivity index (χ4v) is 4.94. The lowest BCUT2D eigenvalue weighted by molar-refractivity contribution is -0.143. The third-order valence-corrected chi connectivity index (χ3v) is 7.92. The number of carbonyl (C=O) groups is 8. The van der Waals surface area contributed by atoms with Gasteiger partial charge < -0.3 is 53.4 Å². The first-order valence-corrected chi connectivity index (χ1v) is 16.9. The van der Waals surface area contributed by atoms with Crippen LogP contribution in [0.4, 0.5) is 0 Å². The van der Waals surface area contributed by atoms with Crippen LogP contribution in [0.25, 0.3) is 0 Å². The van der Waals surface area contributed by atoms with E-state index in [1.807, 2.05) is 0 Å². The zero-order chi connectivity index (χ0) is 39.7. The number of nitrogens with one attached hydrogen (secondary N) is 5. The fourth-order valence-electron chi connectivity index (χ4n) is 4.94. The van der Waals surface area contributed by atoms with Gasteiger partial charge in [0.05, 0.1) is 31.0 Å². The van der Waals surface area contributed by atoms with Gasteiger partial charge in [0.2, 0.25) is 35.4 Å². The van der Waals surface area contributed by atoms with Gasteiger partial charge in [-0.25, -0.2) is 4.79 Å². The third kappa shape index (κ3) is 16.7. The van der Waals surface area contributed by atoms with Crippen molar-refractivity contribution in [2.75, 3.05) is 0 Å². The number of nitrogens with two attached hydrogens (primary N) is 2. The normalized spacial score (nSPS) is 15.2. The van der Waals surface area contributed by atoms with Crippen molar-refractivity contribution in [2.24, 2.45) is 23.3 Å². The first-order valence-electron chi connectivity index (χ1n) is 16.9. The maximum atomic E-state index is 13.2. The third-order valence-electron chi connectivity index (χ3n) is 7.92. The molecule has 0 aliphatic heterocycles. The van der Waals surface area contributed by atoms with Crippen LogP contribution in [0.2, 0.25) is 0 Å². The molecule has 1 aromatic rings. The highest BCUT2D eigenvalue weighted by Crippen LogP contribution is 2.13. The number of benzene rings is 1. The number of carboxylic acid groups (broad SMARTS) is 2. The summed E-state index contributed by atoms with van der Waals surface area (Å²) in [5.74, 6) is -8.11. The minimum atomic E-state index is -1.50. The summed E-state index contributed by atoms with van der Waals surface area (Å²) >= 11 is 0. The summed E-state index contributed by atoms with van der Waals surface area (Å²) in [6.45, 7) is 8.24. The van der Waals surface area contributed by atoms with Gasteiger partial charge in [-0.1, -0.05) is 58.0 Å². The Bertz CT molecular complexity index is 1410. The number of primary amides is 1. The SMILES string of the molecule is CC(C)C[C@@H](NC(=O)[C@H](CC(N)=O)NC(=O)[C@@H](N)C(C)C)[C@@H](O)CC(=O)N[C@@H](C)C(=O)N[C@@H](CCC(=O)O)C(=O)N[C@@H](Cc1ccccc1)C(=O)O. The minimum Gasteiger partial charge on any atom is -0.481 e. The highest BCUT2D eigenvalue weighted by atomic mass is 16.4. The number of amides is 6. The summed E-state index contributed by atoms with van der Waals surface area (Å²) in [6, 6.07) is 0.832. The number of aliphatic hydroxyl groups is 1. The molecular weight excluding hydrogens is 682 g/mol. The molecule has 52 heavy (non-hydrogen) atoms. The van der Waals surface area contributed by atoms with E-state index in [2.05, 4.69) is 26.6 Å². The van der Waals surface area contributed by atoms with Gasteiger partial charge in [-0.3, -0.25) is 33.6 Å². The molecule has 0 spiro atoms. The number of carbonyl (C=O) groups excluding carboxylic acids is 6. The standard InChI is InChI=1S/C34H53N7O11/c1-17(2)13-22(39-32(49)23(15-26(35)43)40-33(50)29(36)18(3)4)25(42)16-27(44)37-19(5)30(47)38-21(11-12-28(45)46)31(48)41-24(34(51)52)14-20-9-7-6-8-10-20/h6-10,17-19,21-25,29,42H,11-16,36H2,1-5H3,(H2,35,43)(H,37,44)(H,38,47)(H,39,49)(H,40,50)(H,41,48)(H,45,46)(H,51,52)/t19-,21-,22+,23-,24-,25-,29-/m0/s1. The maximum absolute atomic E-state index is 13.2. The summed E-state index contributed by atoms with van der Waals surface area (Å²) < 4.78 is 0. The molecule has 7 atom stereocenters. The Labute approximate surface area is 302 Å². The van der Waals surface area contributed by atoms with Crippen LogP contribution in [0, 0.1) is 11.8 Å². The quantitative estimate of drug-likeness (QED) is 0.0600. The van der Waals surface area contributed by atoms with E-state index in [1.165, 1.54) is 6.92 Å². The highest BCUT2D eigenvalue weighted by Gasteiger charge is 2.32. The molecule has 18 heteroatoms. The second kappa shape index (κ2) is 22.0. The molecule has 12 N–H and O–H groups in total. The Balaban J connectivity index is 2.99. The summed E-state index contributed by atoms with van der Waals surface area (Å²) in [7, 11) is 0. The molecule has 0 saturated carbocycles. The zero-order valence-electron chi connectivity index (χ0n) is 30.1. The van der Waals surface area contributed by atoms with Crippen molar-refractivity contribution in [2.45, 2.75) is 115 Å². The van der Waals surface area contributed by atoms with E-state index in [0.717, 1.165) is 0 Å². The predicted octanol–water partition coefficient (Wildman–Crippen LogP) is -1.72. The monoisotopic (exact) mass is 735 g/mol. The van der Waals surface area contributed by atoms with Crippen molar-refractivity contribution in [3.63, 3.8) is 0 Å². The van der Waals surface area contributed by atoms with Crippen molar-refractivity contribution in [3.8, 4) is 0 Å². The molecule has 0 aromatic heterocycles. The van der Waals surface area contributed by atoms with Gasteiger partial charge in [-0.2, -0.15) is 0 Å². The van der Waals surface area contributed by atoms with Crippen LogP contribution >= 0.6 is 0 Å². The Morgan fingerprint density at radius 3 is 1.79 bits per heavy atom. The van der Waals surface area contributed by atoms with Gasteiger partial charge >= 0.3 is 11.9 Å². The van der Waals surface area contributed by atoms with Crippen LogP contribution in [0.15, 0.2) is 30.3 Å². The zero-order valence-corrected chi connectivity index (χ0v) is 30.1. The van der Waals surface area contributed by atoms with Crippen LogP contribution in [-0.2, 0) is 44.8 Å². The van der Waals surface area contributed by atoms with Crippen molar-refractivity contribution in [1.29, 1.82) is 0 Å². The van der Waals surface area contributed by atoms with E-state index in [9.17, 15) is 48.6 Å². The van der Waals surface area contributed by atoms with Gasteiger partial charge in [0.15, 0.2) is 0 Å². The van der Waals surface area contributed by atoms with Crippen LogP contribution in [0.5, 0.6) is 0 Å². The number of rotatable bonds is 23. The summed E-state index contributed by atoms with van der Waals surface area (Å²) in [4.78, 5) is 99.5. The van der Waals surface area contributed by atoms with E-state index in [0.29, 0.717) is 5.56 Å². The smallest absolute Gasteiger partial charge is 0.326 e. The molecule has 0 aliphatic carbocycles. The minimum absolute atomic E-state index is 0.0821. The summed E-state index contributed by atoms with van der Waals surface area (Å²) in [6.07, 6.45) is -3.52. The molecule has 0 heterocycles. The number of hydrogen-bond donors (Lipinski definition) is 10. The summed E-state index contributed by atoms with van der Waals surface area (Å²) in [5, 5.41) is 41.8. The molecule has 290 valence electrons. The van der Waals surface area contributed by atoms with Crippen molar-refractivity contribution in [1.82, 2.24) is 26.6 Å². The van der Waals surface area contributed by atoms with E-state index >= 15 is 0 Å². The Morgan fingerprint density at radius 2 is 1.27 bits per heavy atom. The lowest BCUT2D eigenvalue weighted by Crippen LogP contribution is -2.57. The van der Waals surface area contributed by atoms with E-state index in [4.69, 9.17) is 16.6 Å². The molecule has 0 fully saturated rings. The molecule has 0 saturated heterocycles. The molecule has 0 aliphatic rings. The van der Waals surface area contributed by atoms with E-state index in [-0.39, 0.29) is 31.1 Å². The number of hydrogen-bond acceptors (Lipinski definition) is 10. The lowest BCUT2D eigenvalue weighted by atomic mass is 9.96. The number of carboxylic acids is 2. The average molecular weight is 736 g/mol. The molecule has 0 bridgehead atoms. The molecule has 18 nitrogen and oxygen atoms in total. The highest BCUT2D eigenvalue weighted by molar-refractivity contribution is 5.94.